The molecular weight excluding hydrogens is 1380 g/mol. The molecule has 614 valence electrons. The van der Waals surface area contributed by atoms with Crippen LogP contribution in [0, 0.1) is 85.8 Å². The number of benzene rings is 5. The Morgan fingerprint density at radius 3 is 0.807 bits per heavy atom. The van der Waals surface area contributed by atoms with E-state index >= 15 is 0 Å². The quantitative estimate of drug-likeness (QED) is 0.103. The maximum atomic E-state index is 8.70. The van der Waals surface area contributed by atoms with Gasteiger partial charge in [0.25, 0.3) is 0 Å². The van der Waals surface area contributed by atoms with Crippen LogP contribution < -0.4 is 22.8 Å². The maximum absolute atomic E-state index is 8.70. The molecule has 0 saturated heterocycles. The van der Waals surface area contributed by atoms with E-state index in [1.54, 1.807) is 81.9 Å². The fourth-order valence-electron chi connectivity index (χ4n) is 15.4. The van der Waals surface area contributed by atoms with Gasteiger partial charge in [0.1, 0.15) is 35.2 Å². The molecule has 0 spiro atoms. The summed E-state index contributed by atoms with van der Waals surface area (Å²) in [5.74, 6) is 0.692. The average molecular weight is 1550 g/mol. The van der Waals surface area contributed by atoms with Crippen LogP contribution in [0.5, 0.6) is 0 Å². The normalized spacial score (nSPS) is 13.9. The summed E-state index contributed by atoms with van der Waals surface area (Å²) in [6, 6.07) is 43.8. The molecule has 5 heterocycles. The molecule has 0 fully saturated rings. The molecule has 0 atom stereocenters. The lowest BCUT2D eigenvalue weighted by atomic mass is 9.75. The second kappa shape index (κ2) is 38.3. The van der Waals surface area contributed by atoms with Crippen molar-refractivity contribution in [3.8, 4) is 56.3 Å². The molecule has 5 heteroatoms. The number of aryl methyl sites for hydroxylation is 14. The van der Waals surface area contributed by atoms with Crippen LogP contribution in [0.2, 0.25) is 0 Å². The predicted molar refractivity (Wildman–Crippen MR) is 494 cm³/mol. The molecule has 0 radical (unpaired) electrons. The van der Waals surface area contributed by atoms with E-state index in [0.717, 1.165) is 40.8 Å². The van der Waals surface area contributed by atoms with Crippen molar-refractivity contribution in [3.05, 3.63) is 264 Å². The first-order valence-electron chi connectivity index (χ1n) is 47.0. The van der Waals surface area contributed by atoms with Gasteiger partial charge in [-0.05, 0) is 230 Å². The highest BCUT2D eigenvalue weighted by Gasteiger charge is 2.34. The summed E-state index contributed by atoms with van der Waals surface area (Å²) in [7, 11) is 10.4. The summed E-state index contributed by atoms with van der Waals surface area (Å²) >= 11 is 0. The largest absolute Gasteiger partial charge is 0.212 e. The molecule has 0 N–H and O–H groups in total. The molecule has 10 aromatic rings. The topological polar surface area (TPSA) is 19.4 Å². The van der Waals surface area contributed by atoms with E-state index in [0.29, 0.717) is 34.2 Å². The third kappa shape index (κ3) is 25.7. The fourth-order valence-corrected chi connectivity index (χ4v) is 15.4. The van der Waals surface area contributed by atoms with E-state index in [1.807, 2.05) is 19.9 Å². The Hall–Kier alpha value is -8.15. The zero-order chi connectivity index (χ0) is 94.7. The first-order valence-corrected chi connectivity index (χ1v) is 42.0. The minimum Gasteiger partial charge on any atom is -0.201 e. The van der Waals surface area contributed by atoms with Gasteiger partial charge >= 0.3 is 0 Å². The minimum absolute atomic E-state index is 0.0260. The van der Waals surface area contributed by atoms with Gasteiger partial charge in [-0.1, -0.05) is 269 Å². The number of hydrogen-bond acceptors (Lipinski definition) is 0. The van der Waals surface area contributed by atoms with Gasteiger partial charge in [0.2, 0.25) is 28.5 Å². The Bertz CT molecular complexity index is 5390. The average Bonchev–Trinajstić information content (AvgIpc) is 0.751. The van der Waals surface area contributed by atoms with E-state index in [4.69, 9.17) is 13.7 Å². The molecule has 0 aliphatic heterocycles. The summed E-state index contributed by atoms with van der Waals surface area (Å²) < 4.78 is 91.2. The smallest absolute Gasteiger partial charge is 0.201 e. The standard InChI is InChI=1S/4C22H32N.C21H30N/c2*1-15-10-11-17(16(2)12-15)20-13-18(21(3,4)5)19(14-23(20)9)22(6,7)8;2*1-15(2)10-19-13-22(21-9-8-17(5)12-18(21)6)23(7)14-20(19)11-16(3)4;1-15-11-9-10-12-16(15)19-13-17(20(2,3)4)18(14-22(19)8)21(5,6)7/h2*10-14H,1-9H3;2*8-9,12-16H,10-11H2,1-7H3;9-14H,1-8H3/q5*+1/i1D3;;5D3,10D2,11D2;;. The molecule has 0 amide bonds. The van der Waals surface area contributed by atoms with Crippen LogP contribution in [0.4, 0.5) is 0 Å². The van der Waals surface area contributed by atoms with Gasteiger partial charge in [-0.2, -0.15) is 0 Å². The van der Waals surface area contributed by atoms with Crippen LogP contribution in [0.15, 0.2) is 158 Å². The van der Waals surface area contributed by atoms with Gasteiger partial charge in [-0.15, -0.1) is 0 Å². The van der Waals surface area contributed by atoms with E-state index < -0.39 is 26.4 Å². The molecule has 10 rings (SSSR count). The van der Waals surface area contributed by atoms with E-state index in [9.17, 15) is 0 Å². The molecule has 114 heavy (non-hydrogen) atoms. The molecule has 5 nitrogen and oxygen atoms in total. The lowest BCUT2D eigenvalue weighted by Gasteiger charge is -2.29. The van der Waals surface area contributed by atoms with Crippen LogP contribution in [0.1, 0.15) is 299 Å². The molecule has 0 saturated carbocycles. The lowest BCUT2D eigenvalue weighted by Crippen LogP contribution is -2.36. The number of hydrogen-bond donors (Lipinski definition) is 0. The Morgan fingerprint density at radius 2 is 0.518 bits per heavy atom. The second-order valence-corrected chi connectivity index (χ2v) is 40.5. The zero-order valence-electron chi connectivity index (χ0n) is 88.5. The SMILES string of the molecule is Cc1ccc(-c2cc(C(C)(C)C)c(C(C)(C)C)c[n+]2C)c(C)c1.Cc1ccc(-c2cc(CC(C)C)c(CC(C)C)c[n+]2C)c(C)c1.Cc1ccccc1-c1cc(C(C)(C)C)c(C(C)(C)C)c[n+]1C.[2H]C([2H])([2H])c1ccc(-c2cc(C(C)(C)C)c(C(C)(C)C)c[n+]2C)c(C)c1.[2H]C([2H])([2H])c1ccc(-c2cc(C([2H])([2H])C(C)C)c(C([2H])([2H])C(C)C)c[n+]2C)c(C)c1. The summed E-state index contributed by atoms with van der Waals surface area (Å²) in [5.41, 5.74) is 33.4. The van der Waals surface area contributed by atoms with Crippen LogP contribution >= 0.6 is 0 Å². The highest BCUT2D eigenvalue weighted by Crippen LogP contribution is 2.40. The van der Waals surface area contributed by atoms with Crippen molar-refractivity contribution in [2.75, 3.05) is 0 Å². The molecule has 0 unspecified atom stereocenters. The minimum atomic E-state index is -2.19. The van der Waals surface area contributed by atoms with E-state index in [-0.39, 0.29) is 49.9 Å². The van der Waals surface area contributed by atoms with Crippen LogP contribution in [0.25, 0.3) is 56.3 Å². The van der Waals surface area contributed by atoms with Gasteiger partial charge in [-0.3, -0.25) is 0 Å². The molecule has 0 aliphatic carbocycles. The summed E-state index contributed by atoms with van der Waals surface area (Å²) in [5, 5.41) is 0. The number of nitrogens with zero attached hydrogens (tertiary/aromatic N) is 5. The van der Waals surface area contributed by atoms with Crippen molar-refractivity contribution >= 4 is 0 Å². The van der Waals surface area contributed by atoms with Gasteiger partial charge < -0.3 is 0 Å². The predicted octanol–water partition coefficient (Wildman–Crippen LogP) is 26.2. The Balaban J connectivity index is 0.000000241. The van der Waals surface area contributed by atoms with Crippen LogP contribution in [0.3, 0.4) is 0 Å². The maximum Gasteiger partial charge on any atom is 0.212 e. The van der Waals surface area contributed by atoms with Crippen molar-refractivity contribution in [2.24, 2.45) is 58.9 Å². The second-order valence-electron chi connectivity index (χ2n) is 40.5. The van der Waals surface area contributed by atoms with Crippen molar-refractivity contribution in [3.63, 3.8) is 0 Å². The van der Waals surface area contributed by atoms with Crippen molar-refractivity contribution in [1.29, 1.82) is 0 Å². The Kier molecular flexibility index (Phi) is 26.8. The van der Waals surface area contributed by atoms with Crippen LogP contribution in [-0.4, -0.2) is 0 Å². The van der Waals surface area contributed by atoms with Gasteiger partial charge in [0, 0.05) is 99.7 Å². The zero-order valence-corrected chi connectivity index (χ0v) is 78.5. The van der Waals surface area contributed by atoms with Gasteiger partial charge in [-0.25, -0.2) is 22.8 Å². The number of pyridine rings is 5. The summed E-state index contributed by atoms with van der Waals surface area (Å²) in [4.78, 5) is 0. The van der Waals surface area contributed by atoms with E-state index in [2.05, 4.69) is 343 Å². The van der Waals surface area contributed by atoms with Crippen molar-refractivity contribution < 1.29 is 36.5 Å². The number of aromatic nitrogens is 5. The number of rotatable bonds is 13. The Labute approximate surface area is 712 Å². The fraction of sp³-hybridized carbons (Fsp3) is 0.495. The molecule has 5 aromatic heterocycles. The lowest BCUT2D eigenvalue weighted by molar-refractivity contribution is -0.661. The molecule has 5 aromatic carbocycles. The Morgan fingerprint density at radius 1 is 0.263 bits per heavy atom. The van der Waals surface area contributed by atoms with Crippen molar-refractivity contribution in [2.45, 2.75) is 300 Å². The summed E-state index contributed by atoms with van der Waals surface area (Å²) in [6.45, 7) is 67.9. The highest BCUT2D eigenvalue weighted by atomic mass is 14.9. The highest BCUT2D eigenvalue weighted by molar-refractivity contribution is 5.67. The van der Waals surface area contributed by atoms with Crippen molar-refractivity contribution in [1.82, 2.24) is 0 Å². The van der Waals surface area contributed by atoms with Gasteiger partial charge in [0.05, 0.1) is 0 Å². The first-order chi connectivity index (χ1) is 56.3. The van der Waals surface area contributed by atoms with E-state index in [1.165, 1.54) is 106 Å². The third-order valence-corrected chi connectivity index (χ3v) is 21.3. The van der Waals surface area contributed by atoms with Crippen LogP contribution in [-0.2, 0) is 93.3 Å². The first kappa shape index (κ1) is 79.7. The monoisotopic (exact) mass is 1550 g/mol. The van der Waals surface area contributed by atoms with Gasteiger partial charge in [0.15, 0.2) is 31.0 Å². The molecule has 0 aliphatic rings. The molecular formula is C109H158N5+5. The third-order valence-electron chi connectivity index (χ3n) is 21.3. The summed E-state index contributed by atoms with van der Waals surface area (Å²) in [6.07, 6.45) is 9.80. The molecule has 0 bridgehead atoms.